The van der Waals surface area contributed by atoms with Crippen LogP contribution < -0.4 is 0 Å². The molecule has 0 radical (unpaired) electrons. The van der Waals surface area contributed by atoms with Crippen molar-refractivity contribution in [3.05, 3.63) is 24.2 Å². The number of rotatable bonds is 5. The Labute approximate surface area is 125 Å². The Morgan fingerprint density at radius 3 is 2.90 bits per heavy atom. The van der Waals surface area contributed by atoms with Gasteiger partial charge in [0.1, 0.15) is 11.3 Å². The second-order valence-electron chi connectivity index (χ2n) is 5.97. The van der Waals surface area contributed by atoms with Gasteiger partial charge in [-0.2, -0.15) is 0 Å². The van der Waals surface area contributed by atoms with Crippen LogP contribution in [0, 0.1) is 5.92 Å². The molecule has 0 unspecified atom stereocenters. The van der Waals surface area contributed by atoms with Crippen LogP contribution in [0.15, 0.2) is 18.3 Å². The number of pyridine rings is 1. The number of nitrogens with zero attached hydrogens (tertiary/aromatic N) is 4. The molecule has 3 heterocycles. The van der Waals surface area contributed by atoms with Gasteiger partial charge < -0.3 is 14.2 Å². The molecule has 3 rings (SSSR count). The van der Waals surface area contributed by atoms with Crippen LogP contribution in [0.4, 0.5) is 0 Å². The number of hydrogen-bond donors (Lipinski definition) is 0. The van der Waals surface area contributed by atoms with Crippen molar-refractivity contribution in [1.82, 2.24) is 19.4 Å². The molecule has 1 fully saturated rings. The molecule has 2 aromatic rings. The molecule has 0 bridgehead atoms. The van der Waals surface area contributed by atoms with E-state index < -0.39 is 0 Å². The zero-order valence-corrected chi connectivity index (χ0v) is 13.0. The van der Waals surface area contributed by atoms with E-state index in [1.165, 1.54) is 25.9 Å². The molecule has 2 aromatic heterocycles. The molecule has 5 nitrogen and oxygen atoms in total. The minimum absolute atomic E-state index is 0.697. The van der Waals surface area contributed by atoms with Crippen LogP contribution in [0.5, 0.6) is 0 Å². The zero-order valence-electron chi connectivity index (χ0n) is 13.0. The van der Waals surface area contributed by atoms with Crippen LogP contribution in [0.2, 0.25) is 0 Å². The highest BCUT2D eigenvalue weighted by molar-refractivity contribution is 5.71. The Bertz CT molecular complexity index is 587. The van der Waals surface area contributed by atoms with Crippen molar-refractivity contribution >= 4 is 11.2 Å². The van der Waals surface area contributed by atoms with Crippen molar-refractivity contribution in [2.75, 3.05) is 33.9 Å². The van der Waals surface area contributed by atoms with Crippen LogP contribution in [-0.4, -0.2) is 53.3 Å². The average Bonchev–Trinajstić information content (AvgIpc) is 2.85. The van der Waals surface area contributed by atoms with Crippen molar-refractivity contribution in [3.8, 4) is 0 Å². The van der Waals surface area contributed by atoms with Gasteiger partial charge in [-0.1, -0.05) is 0 Å². The van der Waals surface area contributed by atoms with E-state index in [0.717, 1.165) is 35.9 Å². The molecule has 0 amide bonds. The smallest absolute Gasteiger partial charge is 0.160 e. The van der Waals surface area contributed by atoms with E-state index in [9.17, 15) is 0 Å². The summed E-state index contributed by atoms with van der Waals surface area (Å²) in [5, 5.41) is 0. The third kappa shape index (κ3) is 3.24. The molecular weight excluding hydrogens is 264 g/mol. The summed E-state index contributed by atoms with van der Waals surface area (Å²) in [7, 11) is 3.94. The second kappa shape index (κ2) is 6.54. The van der Waals surface area contributed by atoms with Crippen LogP contribution in [0.1, 0.15) is 18.7 Å². The standard InChI is InChI=1S/C16H24N4O/c1-19-8-5-13(6-9-19)12-15-18-14-4-3-7-17-16(14)20(15)10-11-21-2/h3-4,7,13H,5-6,8-12H2,1-2H3. The molecule has 0 atom stereocenters. The Morgan fingerprint density at radius 1 is 1.33 bits per heavy atom. The summed E-state index contributed by atoms with van der Waals surface area (Å²) in [6.07, 6.45) is 5.41. The highest BCUT2D eigenvalue weighted by atomic mass is 16.5. The number of imidazole rings is 1. The molecule has 0 spiro atoms. The lowest BCUT2D eigenvalue weighted by atomic mass is 9.93. The molecular formula is C16H24N4O. The van der Waals surface area contributed by atoms with E-state index in [4.69, 9.17) is 9.72 Å². The van der Waals surface area contributed by atoms with E-state index >= 15 is 0 Å². The number of ether oxygens (including phenoxy) is 1. The highest BCUT2D eigenvalue weighted by Crippen LogP contribution is 2.22. The van der Waals surface area contributed by atoms with Gasteiger partial charge in [0, 0.05) is 26.3 Å². The first-order chi connectivity index (χ1) is 10.3. The van der Waals surface area contributed by atoms with Gasteiger partial charge in [0.2, 0.25) is 0 Å². The van der Waals surface area contributed by atoms with Gasteiger partial charge in [-0.15, -0.1) is 0 Å². The normalized spacial score (nSPS) is 17.6. The minimum Gasteiger partial charge on any atom is -0.383 e. The number of aromatic nitrogens is 3. The van der Waals surface area contributed by atoms with E-state index in [2.05, 4.69) is 21.5 Å². The van der Waals surface area contributed by atoms with Gasteiger partial charge in [-0.3, -0.25) is 0 Å². The van der Waals surface area contributed by atoms with Crippen LogP contribution in [-0.2, 0) is 17.7 Å². The number of fused-ring (bicyclic) bond motifs is 1. The SMILES string of the molecule is COCCn1c(CC2CCN(C)CC2)nc2cccnc21. The van der Waals surface area contributed by atoms with Crippen LogP contribution in [0.25, 0.3) is 11.2 Å². The lowest BCUT2D eigenvalue weighted by Gasteiger charge is -2.28. The van der Waals surface area contributed by atoms with Crippen molar-refractivity contribution < 1.29 is 4.74 Å². The van der Waals surface area contributed by atoms with E-state index in [1.54, 1.807) is 7.11 Å². The summed E-state index contributed by atoms with van der Waals surface area (Å²) in [6, 6.07) is 4.00. The molecule has 1 aliphatic rings. The highest BCUT2D eigenvalue weighted by Gasteiger charge is 2.20. The zero-order chi connectivity index (χ0) is 14.7. The van der Waals surface area contributed by atoms with Gasteiger partial charge in [0.05, 0.1) is 6.61 Å². The predicted octanol–water partition coefficient (Wildman–Crippen LogP) is 1.96. The van der Waals surface area contributed by atoms with Crippen LogP contribution in [0.3, 0.4) is 0 Å². The molecule has 0 N–H and O–H groups in total. The lowest BCUT2D eigenvalue weighted by Crippen LogP contribution is -2.31. The van der Waals surface area contributed by atoms with Crippen molar-refractivity contribution in [3.63, 3.8) is 0 Å². The molecule has 1 aliphatic heterocycles. The lowest BCUT2D eigenvalue weighted by molar-refractivity contribution is 0.185. The molecule has 0 saturated carbocycles. The Kier molecular flexibility index (Phi) is 4.51. The van der Waals surface area contributed by atoms with Crippen LogP contribution >= 0.6 is 0 Å². The first kappa shape index (κ1) is 14.5. The summed E-state index contributed by atoms with van der Waals surface area (Å²) in [6.45, 7) is 3.91. The Hall–Kier alpha value is -1.46. The van der Waals surface area contributed by atoms with Crippen molar-refractivity contribution in [2.24, 2.45) is 5.92 Å². The van der Waals surface area contributed by atoms with Gasteiger partial charge in [-0.05, 0) is 51.0 Å². The average molecular weight is 288 g/mol. The maximum atomic E-state index is 5.24. The molecule has 5 heteroatoms. The Morgan fingerprint density at radius 2 is 2.14 bits per heavy atom. The molecule has 114 valence electrons. The van der Waals surface area contributed by atoms with E-state index in [-0.39, 0.29) is 0 Å². The summed E-state index contributed by atoms with van der Waals surface area (Å²) >= 11 is 0. The summed E-state index contributed by atoms with van der Waals surface area (Å²) < 4.78 is 7.47. The molecule has 21 heavy (non-hydrogen) atoms. The van der Waals surface area contributed by atoms with E-state index in [0.29, 0.717) is 6.61 Å². The summed E-state index contributed by atoms with van der Waals surface area (Å²) in [4.78, 5) is 11.7. The fraction of sp³-hybridized carbons (Fsp3) is 0.625. The van der Waals surface area contributed by atoms with Crippen molar-refractivity contribution in [1.29, 1.82) is 0 Å². The largest absolute Gasteiger partial charge is 0.383 e. The minimum atomic E-state index is 0.697. The topological polar surface area (TPSA) is 43.2 Å². The number of hydrogen-bond acceptors (Lipinski definition) is 4. The van der Waals surface area contributed by atoms with Gasteiger partial charge >= 0.3 is 0 Å². The molecule has 0 aliphatic carbocycles. The van der Waals surface area contributed by atoms with Gasteiger partial charge in [-0.25, -0.2) is 9.97 Å². The maximum absolute atomic E-state index is 5.24. The monoisotopic (exact) mass is 288 g/mol. The predicted molar refractivity (Wildman–Crippen MR) is 83.3 cm³/mol. The Balaban J connectivity index is 1.82. The van der Waals surface area contributed by atoms with Gasteiger partial charge in [0.15, 0.2) is 5.65 Å². The number of piperidine rings is 1. The first-order valence-corrected chi connectivity index (χ1v) is 7.75. The molecule has 0 aromatic carbocycles. The summed E-state index contributed by atoms with van der Waals surface area (Å²) in [5.74, 6) is 1.90. The fourth-order valence-corrected chi connectivity index (χ4v) is 3.10. The van der Waals surface area contributed by atoms with Gasteiger partial charge in [0.25, 0.3) is 0 Å². The number of likely N-dealkylation sites (tertiary alicyclic amines) is 1. The fourth-order valence-electron chi connectivity index (χ4n) is 3.10. The summed E-state index contributed by atoms with van der Waals surface area (Å²) in [5.41, 5.74) is 1.98. The molecule has 1 saturated heterocycles. The second-order valence-corrected chi connectivity index (χ2v) is 5.97. The third-order valence-electron chi connectivity index (χ3n) is 4.41. The van der Waals surface area contributed by atoms with Crippen molar-refractivity contribution in [2.45, 2.75) is 25.8 Å². The number of methoxy groups -OCH3 is 1. The third-order valence-corrected chi connectivity index (χ3v) is 4.41. The maximum Gasteiger partial charge on any atom is 0.160 e. The first-order valence-electron chi connectivity index (χ1n) is 7.75. The van der Waals surface area contributed by atoms with E-state index in [1.807, 2.05) is 18.3 Å². The quantitative estimate of drug-likeness (QED) is 0.843.